The first kappa shape index (κ1) is 11.5. The molecule has 0 aliphatic carbocycles. The van der Waals surface area contributed by atoms with E-state index in [2.05, 4.69) is 0 Å². The molecule has 0 spiro atoms. The van der Waals surface area contributed by atoms with E-state index in [0.717, 1.165) is 0 Å². The van der Waals surface area contributed by atoms with Gasteiger partial charge in [-0.15, -0.1) is 0 Å². The molecule has 0 bridgehead atoms. The predicted molar refractivity (Wildman–Crippen MR) is 60.3 cm³/mol. The Hall–Kier alpha value is -0.940. The third-order valence-electron chi connectivity index (χ3n) is 2.06. The number of rotatable bonds is 2. The van der Waals surface area contributed by atoms with Crippen LogP contribution in [0.4, 0.5) is 0 Å². The van der Waals surface area contributed by atoms with Crippen molar-refractivity contribution < 1.29 is 17.9 Å². The lowest BCUT2D eigenvalue weighted by atomic mass is 10.2. The molecule has 0 aromatic heterocycles. The maximum absolute atomic E-state index is 10.9. The van der Waals surface area contributed by atoms with E-state index in [0.29, 0.717) is 17.1 Å². The van der Waals surface area contributed by atoms with Gasteiger partial charge in [-0.25, -0.2) is 8.42 Å². The van der Waals surface area contributed by atoms with Crippen LogP contribution in [0, 0.1) is 0 Å². The molecule has 1 heterocycles. The van der Waals surface area contributed by atoms with Crippen LogP contribution >= 0.6 is 10.7 Å². The summed E-state index contributed by atoms with van der Waals surface area (Å²) in [6.07, 6.45) is 0. The van der Waals surface area contributed by atoms with Crippen LogP contribution in [0.5, 0.6) is 11.5 Å². The number of halogens is 1. The molecule has 1 aromatic carbocycles. The Morgan fingerprint density at radius 2 is 1.88 bits per heavy atom. The molecule has 6 heteroatoms. The van der Waals surface area contributed by atoms with E-state index in [1.165, 1.54) is 0 Å². The second kappa shape index (κ2) is 3.53. The van der Waals surface area contributed by atoms with E-state index < -0.39 is 14.8 Å². The largest absolute Gasteiger partial charge is 0.449 e. The van der Waals surface area contributed by atoms with Crippen molar-refractivity contribution in [2.45, 2.75) is 25.4 Å². The number of hydrogen-bond acceptors (Lipinski definition) is 4. The maximum atomic E-state index is 10.9. The Labute approximate surface area is 98.5 Å². The summed E-state index contributed by atoms with van der Waals surface area (Å²) in [6.45, 7) is 3.57. The highest BCUT2D eigenvalue weighted by Crippen LogP contribution is 2.39. The van der Waals surface area contributed by atoms with Crippen molar-refractivity contribution in [1.29, 1.82) is 0 Å². The highest BCUT2D eigenvalue weighted by Gasteiger charge is 2.31. The lowest BCUT2D eigenvalue weighted by molar-refractivity contribution is -0.0431. The van der Waals surface area contributed by atoms with Crippen molar-refractivity contribution in [2.24, 2.45) is 0 Å². The van der Waals surface area contributed by atoms with Gasteiger partial charge in [0.15, 0.2) is 11.5 Å². The third-order valence-corrected chi connectivity index (χ3v) is 3.06. The zero-order valence-electron chi connectivity index (χ0n) is 8.86. The van der Waals surface area contributed by atoms with Crippen molar-refractivity contribution in [2.75, 3.05) is 0 Å². The molecule has 0 fully saturated rings. The highest BCUT2D eigenvalue weighted by atomic mass is 35.7. The molecule has 1 aromatic rings. The first-order valence-electron chi connectivity index (χ1n) is 4.68. The van der Waals surface area contributed by atoms with Gasteiger partial charge in [0.2, 0.25) is 14.8 Å². The lowest BCUT2D eigenvalue weighted by Crippen LogP contribution is -2.29. The molecule has 16 heavy (non-hydrogen) atoms. The molecule has 0 saturated carbocycles. The summed E-state index contributed by atoms with van der Waals surface area (Å²) in [4.78, 5) is 0. The molecule has 0 N–H and O–H groups in total. The average molecular weight is 263 g/mol. The molecule has 0 atom stereocenters. The van der Waals surface area contributed by atoms with Gasteiger partial charge in [-0.05, 0) is 17.7 Å². The lowest BCUT2D eigenvalue weighted by Gasteiger charge is -2.16. The Bertz CT molecular complexity index is 522. The van der Waals surface area contributed by atoms with Crippen molar-refractivity contribution in [3.63, 3.8) is 0 Å². The molecule has 2 rings (SSSR count). The fourth-order valence-electron chi connectivity index (χ4n) is 1.56. The standard InChI is InChI=1S/C10H11ClO4S/c1-10(2)14-8-4-3-7(5-9(8)15-10)6-16(11,12)13/h3-5H,6H2,1-2H3. The number of fused-ring (bicyclic) bond motifs is 1. The first-order valence-corrected chi connectivity index (χ1v) is 7.16. The molecular formula is C10H11ClO4S. The van der Waals surface area contributed by atoms with Gasteiger partial charge in [-0.2, -0.15) is 0 Å². The van der Waals surface area contributed by atoms with Crippen molar-refractivity contribution in [1.82, 2.24) is 0 Å². The summed E-state index contributed by atoms with van der Waals surface area (Å²) in [7, 11) is 1.63. The maximum Gasteiger partial charge on any atom is 0.246 e. The van der Waals surface area contributed by atoms with Crippen LogP contribution in [0.15, 0.2) is 18.2 Å². The first-order chi connectivity index (χ1) is 7.25. The minimum atomic E-state index is -3.55. The third kappa shape index (κ3) is 2.59. The zero-order valence-corrected chi connectivity index (χ0v) is 10.4. The summed E-state index contributed by atoms with van der Waals surface area (Å²) in [5.41, 5.74) is 0.579. The minimum absolute atomic E-state index is 0.217. The summed E-state index contributed by atoms with van der Waals surface area (Å²) in [5.74, 6) is 0.232. The summed E-state index contributed by atoms with van der Waals surface area (Å²) in [5, 5.41) is 0. The summed E-state index contributed by atoms with van der Waals surface area (Å²) < 4.78 is 32.8. The molecule has 0 amide bonds. The molecule has 88 valence electrons. The molecular weight excluding hydrogens is 252 g/mol. The van der Waals surface area contributed by atoms with Crippen LogP contribution < -0.4 is 9.47 Å². The van der Waals surface area contributed by atoms with Gasteiger partial charge in [0.05, 0.1) is 5.75 Å². The van der Waals surface area contributed by atoms with Crippen LogP contribution in [-0.4, -0.2) is 14.2 Å². The van der Waals surface area contributed by atoms with Crippen LogP contribution in [0.3, 0.4) is 0 Å². The van der Waals surface area contributed by atoms with Crippen LogP contribution in [0.25, 0.3) is 0 Å². The van der Waals surface area contributed by atoms with Gasteiger partial charge in [0.1, 0.15) is 0 Å². The van der Waals surface area contributed by atoms with E-state index in [1.807, 2.05) is 0 Å². The fraction of sp³-hybridized carbons (Fsp3) is 0.400. The van der Waals surface area contributed by atoms with E-state index in [9.17, 15) is 8.42 Å². The second-order valence-corrected chi connectivity index (χ2v) is 6.85. The molecule has 0 radical (unpaired) electrons. The van der Waals surface area contributed by atoms with E-state index in [-0.39, 0.29) is 5.75 Å². The second-order valence-electron chi connectivity index (χ2n) is 4.07. The number of benzene rings is 1. The van der Waals surface area contributed by atoms with Crippen molar-refractivity contribution >= 4 is 19.7 Å². The Balaban J connectivity index is 2.30. The van der Waals surface area contributed by atoms with Crippen LogP contribution in [0.1, 0.15) is 19.4 Å². The number of ether oxygens (including phenoxy) is 2. The SMILES string of the molecule is CC1(C)Oc2ccc(CS(=O)(=O)Cl)cc2O1. The fourth-order valence-corrected chi connectivity index (χ4v) is 2.51. The quantitative estimate of drug-likeness (QED) is 0.767. The Morgan fingerprint density at radius 1 is 1.25 bits per heavy atom. The molecule has 0 saturated heterocycles. The van der Waals surface area contributed by atoms with E-state index in [1.54, 1.807) is 32.0 Å². The van der Waals surface area contributed by atoms with Crippen LogP contribution in [0.2, 0.25) is 0 Å². The van der Waals surface area contributed by atoms with E-state index in [4.69, 9.17) is 20.2 Å². The monoisotopic (exact) mass is 262 g/mol. The Morgan fingerprint density at radius 3 is 2.50 bits per heavy atom. The van der Waals surface area contributed by atoms with E-state index >= 15 is 0 Å². The van der Waals surface area contributed by atoms with Gasteiger partial charge in [-0.1, -0.05) is 6.07 Å². The predicted octanol–water partition coefficient (Wildman–Crippen LogP) is 2.26. The van der Waals surface area contributed by atoms with Gasteiger partial charge in [0, 0.05) is 24.5 Å². The molecule has 0 unspecified atom stereocenters. The highest BCUT2D eigenvalue weighted by molar-refractivity contribution is 8.13. The molecule has 1 aliphatic heterocycles. The summed E-state index contributed by atoms with van der Waals surface area (Å²) in [6, 6.07) is 4.97. The van der Waals surface area contributed by atoms with Crippen molar-refractivity contribution in [3.8, 4) is 11.5 Å². The number of hydrogen-bond donors (Lipinski definition) is 0. The van der Waals surface area contributed by atoms with Gasteiger partial charge >= 0.3 is 0 Å². The average Bonchev–Trinajstić information content (AvgIpc) is 2.34. The zero-order chi connectivity index (χ0) is 12.0. The van der Waals surface area contributed by atoms with Gasteiger partial charge in [-0.3, -0.25) is 0 Å². The topological polar surface area (TPSA) is 52.6 Å². The van der Waals surface area contributed by atoms with Gasteiger partial charge < -0.3 is 9.47 Å². The van der Waals surface area contributed by atoms with Crippen molar-refractivity contribution in [3.05, 3.63) is 23.8 Å². The minimum Gasteiger partial charge on any atom is -0.449 e. The van der Waals surface area contributed by atoms with Gasteiger partial charge in [0.25, 0.3) is 0 Å². The van der Waals surface area contributed by atoms with Crippen LogP contribution in [-0.2, 0) is 14.8 Å². The molecule has 1 aliphatic rings. The summed E-state index contributed by atoms with van der Waals surface area (Å²) >= 11 is 0. The molecule has 4 nitrogen and oxygen atoms in total. The normalized spacial score (nSPS) is 17.4. The smallest absolute Gasteiger partial charge is 0.246 e. The Kier molecular flexibility index (Phi) is 2.55.